The highest BCUT2D eigenvalue weighted by Crippen LogP contribution is 2.15. The van der Waals surface area contributed by atoms with Gasteiger partial charge in [-0.3, -0.25) is 4.98 Å². The molecule has 0 atom stereocenters. The zero-order chi connectivity index (χ0) is 9.26. The predicted molar refractivity (Wildman–Crippen MR) is 55.9 cm³/mol. The lowest BCUT2D eigenvalue weighted by Gasteiger charge is -1.99. The van der Waals surface area contributed by atoms with Gasteiger partial charge in [-0.15, -0.1) is 0 Å². The zero-order valence-corrected chi connectivity index (χ0v) is 7.77. The summed E-state index contributed by atoms with van der Waals surface area (Å²) in [6.45, 7) is 0. The molecule has 2 rings (SSSR count). The van der Waals surface area contributed by atoms with E-state index in [0.717, 1.165) is 0 Å². The van der Waals surface area contributed by atoms with E-state index in [9.17, 15) is 4.79 Å². The monoisotopic (exact) mass is 209 g/mol. The molecule has 0 radical (unpaired) electrons. The molecule has 0 fully saturated rings. The second-order valence-corrected chi connectivity index (χ2v) is 2.68. The Morgan fingerprint density at radius 2 is 1.80 bits per heavy atom. The summed E-state index contributed by atoms with van der Waals surface area (Å²) >= 11 is 0. The number of hydrogen-bond donors (Lipinski definition) is 1. The summed E-state index contributed by atoms with van der Waals surface area (Å²) < 4.78 is 0. The van der Waals surface area contributed by atoms with Gasteiger partial charge in [-0.1, -0.05) is 18.2 Å². The molecule has 0 saturated carbocycles. The molecule has 5 nitrogen and oxygen atoms in total. The third-order valence-electron chi connectivity index (χ3n) is 1.88. The minimum Gasteiger partial charge on any atom is -0.478 e. The number of carbonyl (C=O) groups is 1. The van der Waals surface area contributed by atoms with Gasteiger partial charge in [0.15, 0.2) is 0 Å². The molecule has 80 valence electrons. The number of carboxylic acid groups (broad SMARTS) is 1. The summed E-state index contributed by atoms with van der Waals surface area (Å²) in [7, 11) is 0. The Morgan fingerprint density at radius 3 is 2.47 bits per heavy atom. The van der Waals surface area contributed by atoms with E-state index in [4.69, 9.17) is 5.11 Å². The van der Waals surface area contributed by atoms with E-state index in [1.807, 2.05) is 6.07 Å². The molecule has 1 aromatic heterocycles. The van der Waals surface area contributed by atoms with Crippen molar-refractivity contribution >= 4 is 16.9 Å². The van der Waals surface area contributed by atoms with Gasteiger partial charge >= 0.3 is 5.97 Å². The lowest BCUT2D eigenvalue weighted by molar-refractivity contribution is 0.0699. The van der Waals surface area contributed by atoms with Crippen LogP contribution in [0.1, 0.15) is 10.4 Å². The van der Waals surface area contributed by atoms with Crippen LogP contribution in [0.5, 0.6) is 0 Å². The highest BCUT2D eigenvalue weighted by molar-refractivity contribution is 6.02. The number of fused-ring (bicyclic) bond motifs is 1. The van der Waals surface area contributed by atoms with Crippen LogP contribution in [0.25, 0.3) is 10.9 Å². The molecular formula is C10H11NO4. The van der Waals surface area contributed by atoms with E-state index < -0.39 is 5.97 Å². The van der Waals surface area contributed by atoms with Gasteiger partial charge in [-0.05, 0) is 12.1 Å². The molecule has 15 heavy (non-hydrogen) atoms. The fourth-order valence-corrected chi connectivity index (χ4v) is 1.28. The average Bonchev–Trinajstić information content (AvgIpc) is 2.17. The number of pyridine rings is 1. The summed E-state index contributed by atoms with van der Waals surface area (Å²) in [4.78, 5) is 14.8. The maximum Gasteiger partial charge on any atom is 0.336 e. The van der Waals surface area contributed by atoms with E-state index in [0.29, 0.717) is 16.5 Å². The summed E-state index contributed by atoms with van der Waals surface area (Å²) in [6.07, 6.45) is 1.51. The number of aromatic nitrogens is 1. The minimum atomic E-state index is -0.918. The number of para-hydroxylation sites is 1. The highest BCUT2D eigenvalue weighted by atomic mass is 16.4. The summed E-state index contributed by atoms with van der Waals surface area (Å²) in [5, 5.41) is 9.53. The van der Waals surface area contributed by atoms with Crippen molar-refractivity contribution in [2.24, 2.45) is 0 Å². The van der Waals surface area contributed by atoms with Crippen molar-refractivity contribution in [2.75, 3.05) is 0 Å². The molecule has 0 amide bonds. The first-order chi connectivity index (χ1) is 6.29. The standard InChI is InChI=1S/C10H7NO2.2H2O/c12-10(13)8-5-6-11-9-4-2-1-3-7(8)9;;/h1-6H,(H,12,13);2*1H2. The third kappa shape index (κ3) is 2.28. The van der Waals surface area contributed by atoms with Gasteiger partial charge in [0, 0.05) is 11.6 Å². The number of aromatic carboxylic acids is 1. The van der Waals surface area contributed by atoms with E-state index in [1.165, 1.54) is 12.3 Å². The Kier molecular flexibility index (Phi) is 4.37. The molecule has 0 aliphatic rings. The average molecular weight is 209 g/mol. The van der Waals surface area contributed by atoms with Crippen LogP contribution in [0.3, 0.4) is 0 Å². The smallest absolute Gasteiger partial charge is 0.336 e. The Hall–Kier alpha value is -1.98. The normalized spacial score (nSPS) is 8.80. The number of carboxylic acids is 1. The van der Waals surface area contributed by atoms with Crippen LogP contribution in [0.2, 0.25) is 0 Å². The van der Waals surface area contributed by atoms with Crippen molar-refractivity contribution in [3.8, 4) is 0 Å². The van der Waals surface area contributed by atoms with E-state index in [2.05, 4.69) is 4.98 Å². The lowest BCUT2D eigenvalue weighted by Crippen LogP contribution is -1.97. The van der Waals surface area contributed by atoms with Gasteiger partial charge in [0.05, 0.1) is 11.1 Å². The fraction of sp³-hybridized carbons (Fsp3) is 0. The third-order valence-corrected chi connectivity index (χ3v) is 1.88. The number of benzene rings is 1. The first-order valence-electron chi connectivity index (χ1n) is 3.86. The van der Waals surface area contributed by atoms with Crippen molar-refractivity contribution < 1.29 is 20.9 Å². The van der Waals surface area contributed by atoms with Crippen LogP contribution in [-0.4, -0.2) is 27.0 Å². The molecule has 1 heterocycles. The Morgan fingerprint density at radius 1 is 1.13 bits per heavy atom. The lowest BCUT2D eigenvalue weighted by atomic mass is 10.1. The number of nitrogens with zero attached hydrogens (tertiary/aromatic N) is 1. The van der Waals surface area contributed by atoms with Crippen molar-refractivity contribution in [1.82, 2.24) is 4.98 Å². The van der Waals surface area contributed by atoms with Gasteiger partial charge in [0.1, 0.15) is 0 Å². The second-order valence-electron chi connectivity index (χ2n) is 2.68. The molecule has 0 aliphatic carbocycles. The molecular weight excluding hydrogens is 198 g/mol. The zero-order valence-electron chi connectivity index (χ0n) is 7.77. The quantitative estimate of drug-likeness (QED) is 0.727. The van der Waals surface area contributed by atoms with Crippen LogP contribution >= 0.6 is 0 Å². The van der Waals surface area contributed by atoms with Crippen LogP contribution < -0.4 is 0 Å². The van der Waals surface area contributed by atoms with Gasteiger partial charge < -0.3 is 16.1 Å². The molecule has 2 aromatic rings. The minimum absolute atomic E-state index is 0. The molecule has 0 saturated heterocycles. The van der Waals surface area contributed by atoms with Crippen molar-refractivity contribution in [1.29, 1.82) is 0 Å². The van der Waals surface area contributed by atoms with E-state index in [1.54, 1.807) is 18.2 Å². The molecule has 5 N–H and O–H groups in total. The summed E-state index contributed by atoms with van der Waals surface area (Å²) in [5.41, 5.74) is 1.01. The Bertz CT molecular complexity index is 464. The molecule has 0 bridgehead atoms. The highest BCUT2D eigenvalue weighted by Gasteiger charge is 2.06. The van der Waals surface area contributed by atoms with Crippen LogP contribution in [0.15, 0.2) is 36.5 Å². The first-order valence-corrected chi connectivity index (χ1v) is 3.86. The largest absolute Gasteiger partial charge is 0.478 e. The molecule has 0 spiro atoms. The maximum atomic E-state index is 10.8. The Balaban J connectivity index is 0.000000980. The van der Waals surface area contributed by atoms with Crippen molar-refractivity contribution in [3.05, 3.63) is 42.1 Å². The van der Waals surface area contributed by atoms with Gasteiger partial charge in [-0.2, -0.15) is 0 Å². The van der Waals surface area contributed by atoms with Crippen LogP contribution in [0.4, 0.5) is 0 Å². The fourth-order valence-electron chi connectivity index (χ4n) is 1.28. The predicted octanol–water partition coefficient (Wildman–Crippen LogP) is 0.284. The van der Waals surface area contributed by atoms with Crippen molar-refractivity contribution in [3.63, 3.8) is 0 Å². The number of rotatable bonds is 1. The molecule has 0 unspecified atom stereocenters. The van der Waals surface area contributed by atoms with Crippen molar-refractivity contribution in [2.45, 2.75) is 0 Å². The summed E-state index contributed by atoms with van der Waals surface area (Å²) in [5.74, 6) is -0.918. The van der Waals surface area contributed by atoms with E-state index in [-0.39, 0.29) is 11.0 Å². The van der Waals surface area contributed by atoms with Gasteiger partial charge in [0.25, 0.3) is 0 Å². The van der Waals surface area contributed by atoms with Gasteiger partial charge in [-0.25, -0.2) is 4.79 Å². The van der Waals surface area contributed by atoms with Crippen LogP contribution in [-0.2, 0) is 0 Å². The molecule has 5 heteroatoms. The van der Waals surface area contributed by atoms with E-state index >= 15 is 0 Å². The maximum absolute atomic E-state index is 10.8. The number of hydrogen-bond acceptors (Lipinski definition) is 2. The van der Waals surface area contributed by atoms with Gasteiger partial charge in [0.2, 0.25) is 0 Å². The SMILES string of the molecule is O.O.O=C(O)c1ccnc2ccccc12. The molecule has 0 aliphatic heterocycles. The first kappa shape index (κ1) is 13.0. The molecule has 1 aromatic carbocycles. The second kappa shape index (κ2) is 5.04. The summed E-state index contributed by atoms with van der Waals surface area (Å²) in [6, 6.07) is 8.69. The van der Waals surface area contributed by atoms with Crippen LogP contribution in [0, 0.1) is 0 Å². The Labute approximate surface area is 85.6 Å². The topological polar surface area (TPSA) is 113 Å².